The van der Waals surface area contributed by atoms with Gasteiger partial charge in [0.25, 0.3) is 5.56 Å². The predicted molar refractivity (Wildman–Crippen MR) is 88.9 cm³/mol. The highest BCUT2D eigenvalue weighted by atomic mass is 19.1. The van der Waals surface area contributed by atoms with Gasteiger partial charge in [0.1, 0.15) is 12.4 Å². The van der Waals surface area contributed by atoms with E-state index in [-0.39, 0.29) is 24.1 Å². The maximum Gasteiger partial charge on any atom is 0.267 e. The van der Waals surface area contributed by atoms with Gasteiger partial charge in [0.15, 0.2) is 0 Å². The number of carbonyl (C=O) groups excluding carboxylic acids is 1. The SMILES string of the molecule is O=C(Cn1nc(-c2ccccc2F)ccc1=O)NC1CCCCC1. The van der Waals surface area contributed by atoms with Crippen LogP contribution in [0.5, 0.6) is 0 Å². The molecule has 0 atom stereocenters. The van der Waals surface area contributed by atoms with Gasteiger partial charge in [-0.3, -0.25) is 9.59 Å². The lowest BCUT2D eigenvalue weighted by atomic mass is 9.95. The van der Waals surface area contributed by atoms with Crippen LogP contribution < -0.4 is 10.9 Å². The molecule has 1 N–H and O–H groups in total. The van der Waals surface area contributed by atoms with Crippen molar-refractivity contribution in [3.63, 3.8) is 0 Å². The second kappa shape index (κ2) is 7.38. The summed E-state index contributed by atoms with van der Waals surface area (Å²) in [5.74, 6) is -0.649. The first-order chi connectivity index (χ1) is 11.6. The van der Waals surface area contributed by atoms with Crippen LogP contribution in [0.4, 0.5) is 4.39 Å². The van der Waals surface area contributed by atoms with Gasteiger partial charge in [-0.05, 0) is 31.0 Å². The second-order valence-electron chi connectivity index (χ2n) is 6.10. The fourth-order valence-corrected chi connectivity index (χ4v) is 3.03. The van der Waals surface area contributed by atoms with E-state index in [1.54, 1.807) is 18.2 Å². The molecule has 1 fully saturated rings. The van der Waals surface area contributed by atoms with Crippen molar-refractivity contribution in [2.45, 2.75) is 44.7 Å². The Morgan fingerprint density at radius 1 is 1.17 bits per heavy atom. The quantitative estimate of drug-likeness (QED) is 0.937. The summed E-state index contributed by atoms with van der Waals surface area (Å²) in [4.78, 5) is 24.1. The van der Waals surface area contributed by atoms with Crippen molar-refractivity contribution in [3.05, 3.63) is 52.6 Å². The number of aromatic nitrogens is 2. The van der Waals surface area contributed by atoms with Gasteiger partial charge in [0, 0.05) is 17.7 Å². The monoisotopic (exact) mass is 329 g/mol. The topological polar surface area (TPSA) is 64.0 Å². The molecule has 1 saturated carbocycles. The van der Waals surface area contributed by atoms with E-state index in [4.69, 9.17) is 0 Å². The van der Waals surface area contributed by atoms with E-state index in [0.29, 0.717) is 11.3 Å². The van der Waals surface area contributed by atoms with Crippen LogP contribution in [0.3, 0.4) is 0 Å². The first kappa shape index (κ1) is 16.4. The fourth-order valence-electron chi connectivity index (χ4n) is 3.03. The van der Waals surface area contributed by atoms with Crippen LogP contribution in [0.1, 0.15) is 32.1 Å². The minimum Gasteiger partial charge on any atom is -0.352 e. The van der Waals surface area contributed by atoms with Gasteiger partial charge in [0.05, 0.1) is 5.69 Å². The van der Waals surface area contributed by atoms with E-state index in [1.165, 1.54) is 24.6 Å². The zero-order valence-electron chi connectivity index (χ0n) is 13.4. The molecule has 0 radical (unpaired) electrons. The summed E-state index contributed by atoms with van der Waals surface area (Å²) >= 11 is 0. The molecule has 1 aliphatic carbocycles. The van der Waals surface area contributed by atoms with Crippen molar-refractivity contribution in [2.75, 3.05) is 0 Å². The smallest absolute Gasteiger partial charge is 0.267 e. The lowest BCUT2D eigenvalue weighted by Crippen LogP contribution is -2.40. The number of nitrogens with one attached hydrogen (secondary N) is 1. The minimum absolute atomic E-state index is 0.155. The molecule has 0 bridgehead atoms. The number of hydrogen-bond acceptors (Lipinski definition) is 3. The standard InChI is InChI=1S/C18H20FN3O2/c19-15-9-5-4-8-14(15)16-10-11-18(24)22(21-16)12-17(23)20-13-6-2-1-3-7-13/h4-5,8-11,13H,1-3,6-7,12H2,(H,20,23). The van der Waals surface area contributed by atoms with Gasteiger partial charge in [-0.25, -0.2) is 9.07 Å². The summed E-state index contributed by atoms with van der Waals surface area (Å²) in [6.07, 6.45) is 5.39. The van der Waals surface area contributed by atoms with Crippen LogP contribution in [-0.2, 0) is 11.3 Å². The molecule has 3 rings (SSSR count). The van der Waals surface area contributed by atoms with Crippen LogP contribution >= 0.6 is 0 Å². The number of carbonyl (C=O) groups is 1. The molecule has 1 aromatic carbocycles. The minimum atomic E-state index is -0.415. The molecule has 2 aromatic rings. The number of halogens is 1. The number of benzene rings is 1. The average molecular weight is 329 g/mol. The summed E-state index contributed by atoms with van der Waals surface area (Å²) < 4.78 is 15.0. The van der Waals surface area contributed by atoms with E-state index < -0.39 is 5.82 Å². The van der Waals surface area contributed by atoms with Crippen LogP contribution in [0.15, 0.2) is 41.2 Å². The maximum absolute atomic E-state index is 13.9. The Labute approximate surface area is 139 Å². The summed E-state index contributed by atoms with van der Waals surface area (Å²) in [6.45, 7) is -0.155. The van der Waals surface area contributed by atoms with E-state index in [2.05, 4.69) is 10.4 Å². The molecule has 5 nitrogen and oxygen atoms in total. The molecule has 1 aromatic heterocycles. The molecular formula is C18H20FN3O2. The molecule has 0 spiro atoms. The van der Waals surface area contributed by atoms with Crippen molar-refractivity contribution >= 4 is 5.91 Å². The molecule has 126 valence electrons. The van der Waals surface area contributed by atoms with E-state index >= 15 is 0 Å². The third-order valence-corrected chi connectivity index (χ3v) is 4.28. The number of rotatable bonds is 4. The van der Waals surface area contributed by atoms with Gasteiger partial charge in [0.2, 0.25) is 5.91 Å². The lowest BCUT2D eigenvalue weighted by molar-refractivity contribution is -0.122. The van der Waals surface area contributed by atoms with Crippen molar-refractivity contribution in [1.82, 2.24) is 15.1 Å². The Morgan fingerprint density at radius 3 is 2.67 bits per heavy atom. The summed E-state index contributed by atoms with van der Waals surface area (Å²) in [7, 11) is 0. The Hall–Kier alpha value is -2.50. The second-order valence-corrected chi connectivity index (χ2v) is 6.10. The third kappa shape index (κ3) is 3.88. The van der Waals surface area contributed by atoms with Gasteiger partial charge >= 0.3 is 0 Å². The van der Waals surface area contributed by atoms with E-state index in [9.17, 15) is 14.0 Å². The van der Waals surface area contributed by atoms with Crippen LogP contribution in [-0.4, -0.2) is 21.7 Å². The maximum atomic E-state index is 13.9. The van der Waals surface area contributed by atoms with Gasteiger partial charge in [-0.15, -0.1) is 0 Å². The molecule has 1 heterocycles. The summed E-state index contributed by atoms with van der Waals surface area (Å²) in [5, 5.41) is 7.09. The van der Waals surface area contributed by atoms with Crippen molar-refractivity contribution in [2.24, 2.45) is 0 Å². The first-order valence-corrected chi connectivity index (χ1v) is 8.26. The lowest BCUT2D eigenvalue weighted by Gasteiger charge is -2.22. The zero-order valence-corrected chi connectivity index (χ0v) is 13.4. The number of nitrogens with zero attached hydrogens (tertiary/aromatic N) is 2. The molecule has 24 heavy (non-hydrogen) atoms. The molecule has 1 aliphatic rings. The zero-order chi connectivity index (χ0) is 16.9. The van der Waals surface area contributed by atoms with Crippen molar-refractivity contribution < 1.29 is 9.18 Å². The van der Waals surface area contributed by atoms with Gasteiger partial charge in [-0.2, -0.15) is 5.10 Å². The number of amides is 1. The van der Waals surface area contributed by atoms with Crippen LogP contribution in [0, 0.1) is 5.82 Å². The molecular weight excluding hydrogens is 309 g/mol. The Kier molecular flexibility index (Phi) is 5.03. The molecule has 0 aliphatic heterocycles. The highest BCUT2D eigenvalue weighted by Gasteiger charge is 2.16. The molecule has 0 unspecified atom stereocenters. The molecule has 6 heteroatoms. The highest BCUT2D eigenvalue weighted by molar-refractivity contribution is 5.76. The third-order valence-electron chi connectivity index (χ3n) is 4.28. The fraction of sp³-hybridized carbons (Fsp3) is 0.389. The van der Waals surface area contributed by atoms with Crippen molar-refractivity contribution in [3.8, 4) is 11.3 Å². The van der Waals surface area contributed by atoms with Gasteiger partial charge < -0.3 is 5.32 Å². The Balaban J connectivity index is 1.75. The first-order valence-electron chi connectivity index (χ1n) is 8.26. The Morgan fingerprint density at radius 2 is 1.92 bits per heavy atom. The van der Waals surface area contributed by atoms with E-state index in [0.717, 1.165) is 30.4 Å². The normalized spacial score (nSPS) is 15.2. The Bertz CT molecular complexity index is 782. The van der Waals surface area contributed by atoms with Crippen LogP contribution in [0.25, 0.3) is 11.3 Å². The van der Waals surface area contributed by atoms with Crippen LogP contribution in [0.2, 0.25) is 0 Å². The van der Waals surface area contributed by atoms with Crippen molar-refractivity contribution in [1.29, 1.82) is 0 Å². The highest BCUT2D eigenvalue weighted by Crippen LogP contribution is 2.19. The number of hydrogen-bond donors (Lipinski definition) is 1. The van der Waals surface area contributed by atoms with Gasteiger partial charge in [-0.1, -0.05) is 31.4 Å². The predicted octanol–water partition coefficient (Wildman–Crippen LogP) is 2.50. The van der Waals surface area contributed by atoms with E-state index in [1.807, 2.05) is 0 Å². The largest absolute Gasteiger partial charge is 0.352 e. The summed E-state index contributed by atoms with van der Waals surface area (Å²) in [5.41, 5.74) is 0.256. The average Bonchev–Trinajstić information content (AvgIpc) is 2.58. The summed E-state index contributed by atoms with van der Waals surface area (Å²) in [6, 6.07) is 9.17. The molecule has 0 saturated heterocycles. The molecule has 1 amide bonds.